The second-order valence-electron chi connectivity index (χ2n) is 5.28. The van der Waals surface area contributed by atoms with E-state index in [1.54, 1.807) is 12.3 Å². The Hall–Kier alpha value is -1.88. The summed E-state index contributed by atoms with van der Waals surface area (Å²) >= 11 is 0. The number of carboxylic acids is 1. The number of carbonyl (C=O) groups is 1. The van der Waals surface area contributed by atoms with Gasteiger partial charge in [-0.15, -0.1) is 0 Å². The number of nitrogens with one attached hydrogen (secondary N) is 1. The first kappa shape index (κ1) is 12.6. The Kier molecular flexibility index (Phi) is 3.09. The molecule has 0 atom stereocenters. The summed E-state index contributed by atoms with van der Waals surface area (Å²) in [4.78, 5) is 15.0. The third kappa shape index (κ3) is 2.68. The maximum atomic E-state index is 10.9. The Bertz CT molecular complexity index is 581. The molecular weight excluding hydrogens is 230 g/mol. The van der Waals surface area contributed by atoms with Gasteiger partial charge in [0.1, 0.15) is 5.65 Å². The zero-order valence-electron chi connectivity index (χ0n) is 10.8. The molecule has 18 heavy (non-hydrogen) atoms. The largest absolute Gasteiger partial charge is 0.476 e. The summed E-state index contributed by atoms with van der Waals surface area (Å²) in [5, 5.41) is 12.3. The van der Waals surface area contributed by atoms with Crippen molar-refractivity contribution in [3.8, 4) is 0 Å². The SMILES string of the molecule is CC(C)(C)NCc1cccc2nc(C(=O)O)cn12. The van der Waals surface area contributed by atoms with Crippen molar-refractivity contribution >= 4 is 11.6 Å². The first-order chi connectivity index (χ1) is 8.37. The van der Waals surface area contributed by atoms with Crippen LogP contribution in [0.3, 0.4) is 0 Å². The summed E-state index contributed by atoms with van der Waals surface area (Å²) in [5.74, 6) is -1.01. The molecular formula is C13H17N3O2. The summed E-state index contributed by atoms with van der Waals surface area (Å²) in [6, 6.07) is 5.64. The summed E-state index contributed by atoms with van der Waals surface area (Å²) < 4.78 is 1.81. The van der Waals surface area contributed by atoms with Crippen molar-refractivity contribution in [2.24, 2.45) is 0 Å². The van der Waals surface area contributed by atoms with Crippen LogP contribution in [0.5, 0.6) is 0 Å². The van der Waals surface area contributed by atoms with Crippen LogP contribution in [0.2, 0.25) is 0 Å². The number of nitrogens with zero attached hydrogens (tertiary/aromatic N) is 2. The van der Waals surface area contributed by atoms with Gasteiger partial charge in [-0.2, -0.15) is 0 Å². The second-order valence-corrected chi connectivity index (χ2v) is 5.28. The minimum absolute atomic E-state index is 0.0123. The topological polar surface area (TPSA) is 66.6 Å². The lowest BCUT2D eigenvalue weighted by atomic mass is 10.1. The molecule has 0 bridgehead atoms. The van der Waals surface area contributed by atoms with E-state index in [9.17, 15) is 4.79 Å². The molecule has 0 unspecified atom stereocenters. The molecule has 0 saturated carbocycles. The number of pyridine rings is 1. The second kappa shape index (κ2) is 4.42. The van der Waals surface area contributed by atoms with Crippen LogP contribution in [0.15, 0.2) is 24.4 Å². The minimum atomic E-state index is -1.01. The molecule has 96 valence electrons. The van der Waals surface area contributed by atoms with Crippen molar-refractivity contribution < 1.29 is 9.90 Å². The Labute approximate surface area is 105 Å². The monoisotopic (exact) mass is 247 g/mol. The van der Waals surface area contributed by atoms with Crippen LogP contribution < -0.4 is 5.32 Å². The number of hydrogen-bond donors (Lipinski definition) is 2. The molecule has 2 rings (SSSR count). The highest BCUT2D eigenvalue weighted by molar-refractivity contribution is 5.86. The number of fused-ring (bicyclic) bond motifs is 1. The van der Waals surface area contributed by atoms with Crippen molar-refractivity contribution in [3.63, 3.8) is 0 Å². The first-order valence-corrected chi connectivity index (χ1v) is 5.82. The zero-order valence-corrected chi connectivity index (χ0v) is 10.8. The number of aromatic nitrogens is 2. The van der Waals surface area contributed by atoms with Gasteiger partial charge in [0.25, 0.3) is 0 Å². The molecule has 0 aliphatic heterocycles. The summed E-state index contributed by atoms with van der Waals surface area (Å²) in [6.45, 7) is 6.92. The molecule has 0 fully saturated rings. The molecule has 0 amide bonds. The van der Waals surface area contributed by atoms with E-state index < -0.39 is 5.97 Å². The molecule has 0 spiro atoms. The van der Waals surface area contributed by atoms with Crippen molar-refractivity contribution in [2.75, 3.05) is 0 Å². The van der Waals surface area contributed by atoms with E-state index in [2.05, 4.69) is 31.1 Å². The Morgan fingerprint density at radius 3 is 2.78 bits per heavy atom. The predicted octanol–water partition coefficient (Wildman–Crippen LogP) is 1.92. The van der Waals surface area contributed by atoms with E-state index in [4.69, 9.17) is 5.11 Å². The van der Waals surface area contributed by atoms with Crippen LogP contribution in [-0.4, -0.2) is 26.0 Å². The molecule has 2 aromatic heterocycles. The van der Waals surface area contributed by atoms with Crippen LogP contribution in [0.1, 0.15) is 37.0 Å². The van der Waals surface area contributed by atoms with Crippen LogP contribution in [-0.2, 0) is 6.54 Å². The van der Waals surface area contributed by atoms with E-state index >= 15 is 0 Å². The van der Waals surface area contributed by atoms with Gasteiger partial charge in [-0.05, 0) is 32.9 Å². The molecule has 0 saturated heterocycles. The van der Waals surface area contributed by atoms with E-state index in [0.29, 0.717) is 12.2 Å². The number of aromatic carboxylic acids is 1. The molecule has 2 heterocycles. The predicted molar refractivity (Wildman–Crippen MR) is 68.7 cm³/mol. The van der Waals surface area contributed by atoms with Crippen molar-refractivity contribution in [1.82, 2.24) is 14.7 Å². The van der Waals surface area contributed by atoms with Gasteiger partial charge in [-0.3, -0.25) is 0 Å². The van der Waals surface area contributed by atoms with Gasteiger partial charge < -0.3 is 14.8 Å². The maximum Gasteiger partial charge on any atom is 0.356 e. The van der Waals surface area contributed by atoms with Gasteiger partial charge in [-0.1, -0.05) is 6.07 Å². The highest BCUT2D eigenvalue weighted by Crippen LogP contribution is 2.10. The van der Waals surface area contributed by atoms with Gasteiger partial charge in [0, 0.05) is 24.0 Å². The Morgan fingerprint density at radius 1 is 1.44 bits per heavy atom. The fraction of sp³-hybridized carbons (Fsp3) is 0.385. The van der Waals surface area contributed by atoms with E-state index in [1.165, 1.54) is 0 Å². The standard InChI is InChI=1S/C13H17N3O2/c1-13(2,3)14-7-9-5-4-6-11-15-10(12(17)18)8-16(9)11/h4-6,8,14H,7H2,1-3H3,(H,17,18). The molecule has 0 radical (unpaired) electrons. The van der Waals surface area contributed by atoms with Crippen LogP contribution >= 0.6 is 0 Å². The Balaban J connectivity index is 2.36. The van der Waals surface area contributed by atoms with Crippen molar-refractivity contribution in [3.05, 3.63) is 35.8 Å². The molecule has 0 aliphatic rings. The molecule has 0 aromatic carbocycles. The summed E-state index contributed by atoms with van der Waals surface area (Å²) in [5.41, 5.74) is 1.72. The quantitative estimate of drug-likeness (QED) is 0.869. The lowest BCUT2D eigenvalue weighted by Crippen LogP contribution is -2.35. The molecule has 5 heteroatoms. The number of imidazole rings is 1. The lowest BCUT2D eigenvalue weighted by Gasteiger charge is -2.20. The third-order valence-corrected chi connectivity index (χ3v) is 2.60. The highest BCUT2D eigenvalue weighted by Gasteiger charge is 2.12. The average Bonchev–Trinajstić information content (AvgIpc) is 2.69. The van der Waals surface area contributed by atoms with Crippen LogP contribution in [0.4, 0.5) is 0 Å². The Morgan fingerprint density at radius 2 is 2.17 bits per heavy atom. The molecule has 2 N–H and O–H groups in total. The zero-order chi connectivity index (χ0) is 13.3. The van der Waals surface area contributed by atoms with E-state index in [0.717, 1.165) is 5.69 Å². The smallest absolute Gasteiger partial charge is 0.356 e. The van der Waals surface area contributed by atoms with Crippen LogP contribution in [0.25, 0.3) is 5.65 Å². The lowest BCUT2D eigenvalue weighted by molar-refractivity contribution is 0.0691. The summed E-state index contributed by atoms with van der Waals surface area (Å²) in [6.07, 6.45) is 1.55. The molecule has 0 aliphatic carbocycles. The minimum Gasteiger partial charge on any atom is -0.476 e. The van der Waals surface area contributed by atoms with Gasteiger partial charge in [0.15, 0.2) is 5.69 Å². The van der Waals surface area contributed by atoms with E-state index in [-0.39, 0.29) is 11.2 Å². The average molecular weight is 247 g/mol. The van der Waals surface area contributed by atoms with Gasteiger partial charge in [0.2, 0.25) is 0 Å². The maximum absolute atomic E-state index is 10.9. The van der Waals surface area contributed by atoms with Crippen LogP contribution in [0, 0.1) is 0 Å². The number of rotatable bonds is 3. The third-order valence-electron chi connectivity index (χ3n) is 2.60. The first-order valence-electron chi connectivity index (χ1n) is 5.82. The fourth-order valence-electron chi connectivity index (χ4n) is 1.67. The molecule has 2 aromatic rings. The van der Waals surface area contributed by atoms with Gasteiger partial charge in [0.05, 0.1) is 0 Å². The summed E-state index contributed by atoms with van der Waals surface area (Å²) in [7, 11) is 0. The highest BCUT2D eigenvalue weighted by atomic mass is 16.4. The molecule has 5 nitrogen and oxygen atoms in total. The number of hydrogen-bond acceptors (Lipinski definition) is 3. The van der Waals surface area contributed by atoms with Crippen molar-refractivity contribution in [1.29, 1.82) is 0 Å². The van der Waals surface area contributed by atoms with Gasteiger partial charge >= 0.3 is 5.97 Å². The van der Waals surface area contributed by atoms with E-state index in [1.807, 2.05) is 16.5 Å². The van der Waals surface area contributed by atoms with Crippen molar-refractivity contribution in [2.45, 2.75) is 32.9 Å². The fourth-order valence-corrected chi connectivity index (χ4v) is 1.67. The number of carboxylic acid groups (broad SMARTS) is 1. The van der Waals surface area contributed by atoms with Gasteiger partial charge in [-0.25, -0.2) is 9.78 Å². The normalized spacial score (nSPS) is 11.9.